The summed E-state index contributed by atoms with van der Waals surface area (Å²) in [5.74, 6) is -0.432. The molecule has 0 unspecified atom stereocenters. The quantitative estimate of drug-likeness (QED) is 0.508. The maximum Gasteiger partial charge on any atom is 0.258 e. The van der Waals surface area contributed by atoms with Gasteiger partial charge in [0.2, 0.25) is 17.8 Å². The van der Waals surface area contributed by atoms with Crippen LogP contribution in [0.5, 0.6) is 0 Å². The highest BCUT2D eigenvalue weighted by Crippen LogP contribution is 2.31. The number of fused-ring (bicyclic) bond motifs is 1. The predicted molar refractivity (Wildman–Crippen MR) is 140 cm³/mol. The van der Waals surface area contributed by atoms with Crippen LogP contribution in [0.4, 0.5) is 17.5 Å². The number of aryl methyl sites for hydroxylation is 2. The molecule has 0 spiro atoms. The molecule has 36 heavy (non-hydrogen) atoms. The van der Waals surface area contributed by atoms with E-state index in [4.69, 9.17) is 0 Å². The molecule has 1 aromatic heterocycles. The molecule has 8 heteroatoms. The lowest BCUT2D eigenvalue weighted by Gasteiger charge is -2.33. The maximum absolute atomic E-state index is 13.2. The van der Waals surface area contributed by atoms with Gasteiger partial charge in [0.25, 0.3) is 5.56 Å². The number of aromatic amines is 1. The topological polar surface area (TPSA) is 107 Å². The molecule has 1 saturated heterocycles. The molecule has 8 nitrogen and oxygen atoms in total. The third-order valence-corrected chi connectivity index (χ3v) is 7.03. The van der Waals surface area contributed by atoms with Crippen molar-refractivity contribution in [3.8, 4) is 0 Å². The highest BCUT2D eigenvalue weighted by molar-refractivity contribution is 6.04. The fourth-order valence-corrected chi connectivity index (χ4v) is 5.31. The first-order valence-corrected chi connectivity index (χ1v) is 12.5. The second-order valence-electron chi connectivity index (χ2n) is 9.94. The van der Waals surface area contributed by atoms with Crippen molar-refractivity contribution in [1.82, 2.24) is 9.97 Å². The van der Waals surface area contributed by atoms with E-state index in [9.17, 15) is 14.4 Å². The standard InChI is InChI=1S/C28H31N5O3/c1-17-12-18(2)14-21(13-17)29-26(35)22-16-23(34)30-25-24(22)27(36)32-28(31-25)33-10-8-20(9-11-33)15-19-6-4-3-5-7-19/h3-7,12-14,20,22H,8-11,15-16H2,1-2H3,(H,29,35)(H2,30,31,32,34,36)/t22-/m1/s1. The first-order valence-electron chi connectivity index (χ1n) is 12.5. The molecule has 1 fully saturated rings. The van der Waals surface area contributed by atoms with Crippen LogP contribution in [0, 0.1) is 19.8 Å². The van der Waals surface area contributed by atoms with Crippen LogP contribution in [0.25, 0.3) is 0 Å². The Hall–Kier alpha value is -3.94. The van der Waals surface area contributed by atoms with Crippen LogP contribution in [0.3, 0.4) is 0 Å². The van der Waals surface area contributed by atoms with Crippen molar-refractivity contribution in [2.24, 2.45) is 5.92 Å². The number of nitrogens with one attached hydrogen (secondary N) is 3. The number of rotatable bonds is 5. The summed E-state index contributed by atoms with van der Waals surface area (Å²) in [5.41, 5.74) is 3.84. The second-order valence-corrected chi connectivity index (χ2v) is 9.94. The van der Waals surface area contributed by atoms with Crippen molar-refractivity contribution >= 4 is 29.3 Å². The Morgan fingerprint density at radius 3 is 2.44 bits per heavy atom. The summed E-state index contributed by atoms with van der Waals surface area (Å²) < 4.78 is 0. The third-order valence-electron chi connectivity index (χ3n) is 7.03. The van der Waals surface area contributed by atoms with Crippen molar-refractivity contribution in [3.63, 3.8) is 0 Å². The third kappa shape index (κ3) is 5.17. The predicted octanol–water partition coefficient (Wildman–Crippen LogP) is 3.91. The van der Waals surface area contributed by atoms with Crippen LogP contribution in [0.2, 0.25) is 0 Å². The van der Waals surface area contributed by atoms with Gasteiger partial charge in [-0.3, -0.25) is 19.4 Å². The fraction of sp³-hybridized carbons (Fsp3) is 0.357. The van der Waals surface area contributed by atoms with E-state index >= 15 is 0 Å². The molecular weight excluding hydrogens is 454 g/mol. The van der Waals surface area contributed by atoms with Crippen molar-refractivity contribution < 1.29 is 9.59 Å². The Labute approximate surface area is 210 Å². The van der Waals surface area contributed by atoms with Gasteiger partial charge >= 0.3 is 0 Å². The Kier molecular flexibility index (Phi) is 6.59. The number of aromatic nitrogens is 2. The lowest BCUT2D eigenvalue weighted by Crippen LogP contribution is -2.40. The Balaban J connectivity index is 1.32. The summed E-state index contributed by atoms with van der Waals surface area (Å²) in [6.07, 6.45) is 2.92. The average molecular weight is 486 g/mol. The number of nitrogens with zero attached hydrogens (tertiary/aromatic N) is 2. The second kappa shape index (κ2) is 9.97. The average Bonchev–Trinajstić information content (AvgIpc) is 2.83. The first kappa shape index (κ1) is 23.8. The molecule has 186 valence electrons. The zero-order valence-electron chi connectivity index (χ0n) is 20.6. The van der Waals surface area contributed by atoms with Crippen LogP contribution in [0.1, 0.15) is 47.4 Å². The molecule has 3 aromatic rings. The van der Waals surface area contributed by atoms with E-state index in [1.165, 1.54) is 5.56 Å². The van der Waals surface area contributed by atoms with Gasteiger partial charge in [-0.15, -0.1) is 0 Å². The largest absolute Gasteiger partial charge is 0.342 e. The van der Waals surface area contributed by atoms with Gasteiger partial charge in [0.1, 0.15) is 5.82 Å². The molecule has 3 heterocycles. The number of benzene rings is 2. The smallest absolute Gasteiger partial charge is 0.258 e. The summed E-state index contributed by atoms with van der Waals surface area (Å²) in [7, 11) is 0. The maximum atomic E-state index is 13.2. The monoisotopic (exact) mass is 485 g/mol. The molecule has 3 N–H and O–H groups in total. The number of carbonyl (C=O) groups is 2. The summed E-state index contributed by atoms with van der Waals surface area (Å²) in [5, 5.41) is 5.59. The number of anilines is 3. The molecule has 0 saturated carbocycles. The minimum atomic E-state index is -0.906. The van der Waals surface area contributed by atoms with Gasteiger partial charge < -0.3 is 15.5 Å². The lowest BCUT2D eigenvalue weighted by atomic mass is 9.90. The van der Waals surface area contributed by atoms with Gasteiger partial charge in [-0.05, 0) is 67.9 Å². The van der Waals surface area contributed by atoms with Crippen molar-refractivity contribution in [1.29, 1.82) is 0 Å². The number of hydrogen-bond donors (Lipinski definition) is 3. The van der Waals surface area contributed by atoms with E-state index in [1.54, 1.807) is 0 Å². The summed E-state index contributed by atoms with van der Waals surface area (Å²) in [6, 6.07) is 16.2. The SMILES string of the molecule is Cc1cc(C)cc(NC(=O)[C@@H]2CC(=O)Nc3nc(N4CCC(Cc5ccccc5)CC4)[nH]c(=O)c32)c1. The lowest BCUT2D eigenvalue weighted by molar-refractivity contribution is -0.123. The van der Waals surface area contributed by atoms with E-state index < -0.39 is 11.8 Å². The van der Waals surface area contributed by atoms with Gasteiger partial charge in [0.05, 0.1) is 11.5 Å². The van der Waals surface area contributed by atoms with Crippen molar-refractivity contribution in [2.45, 2.75) is 45.4 Å². The molecule has 5 rings (SSSR count). The summed E-state index contributed by atoms with van der Waals surface area (Å²) in [6.45, 7) is 5.44. The first-order chi connectivity index (χ1) is 17.4. The van der Waals surface area contributed by atoms with Gasteiger partial charge in [0, 0.05) is 25.2 Å². The molecule has 0 radical (unpaired) electrons. The van der Waals surface area contributed by atoms with Crippen molar-refractivity contribution in [2.75, 3.05) is 28.6 Å². The fourth-order valence-electron chi connectivity index (χ4n) is 5.31. The van der Waals surface area contributed by atoms with Gasteiger partial charge in [-0.1, -0.05) is 36.4 Å². The van der Waals surface area contributed by atoms with Gasteiger partial charge in [-0.2, -0.15) is 4.98 Å². The molecule has 0 bridgehead atoms. The van der Waals surface area contributed by atoms with E-state index in [0.29, 0.717) is 17.6 Å². The Bertz CT molecular complexity index is 1320. The van der Waals surface area contributed by atoms with Crippen LogP contribution < -0.4 is 21.1 Å². The molecule has 2 aliphatic rings. The van der Waals surface area contributed by atoms with Gasteiger partial charge in [0.15, 0.2) is 0 Å². The summed E-state index contributed by atoms with van der Waals surface area (Å²) >= 11 is 0. The zero-order chi connectivity index (χ0) is 25.2. The van der Waals surface area contributed by atoms with Crippen LogP contribution >= 0.6 is 0 Å². The van der Waals surface area contributed by atoms with Gasteiger partial charge in [-0.25, -0.2) is 0 Å². The van der Waals surface area contributed by atoms with E-state index in [0.717, 1.165) is 43.5 Å². The molecule has 1 atom stereocenters. The van der Waals surface area contributed by atoms with E-state index in [1.807, 2.05) is 38.1 Å². The normalized spacial score (nSPS) is 17.9. The minimum absolute atomic E-state index is 0.0986. The molecule has 2 amide bonds. The Morgan fingerprint density at radius 1 is 1.06 bits per heavy atom. The number of hydrogen-bond acceptors (Lipinski definition) is 5. The number of H-pyrrole nitrogens is 1. The Morgan fingerprint density at radius 2 is 1.75 bits per heavy atom. The number of amides is 2. The number of piperidine rings is 1. The van der Waals surface area contributed by atoms with E-state index in [-0.39, 0.29) is 29.3 Å². The van der Waals surface area contributed by atoms with Crippen LogP contribution in [-0.2, 0) is 16.0 Å². The highest BCUT2D eigenvalue weighted by atomic mass is 16.2. The molecule has 2 aromatic carbocycles. The summed E-state index contributed by atoms with van der Waals surface area (Å²) in [4.78, 5) is 48.3. The minimum Gasteiger partial charge on any atom is -0.342 e. The van der Waals surface area contributed by atoms with Crippen LogP contribution in [-0.4, -0.2) is 34.9 Å². The van der Waals surface area contributed by atoms with Crippen molar-refractivity contribution in [3.05, 3.63) is 81.1 Å². The molecule has 2 aliphatic heterocycles. The number of carbonyl (C=O) groups excluding carboxylic acids is 2. The molecule has 0 aliphatic carbocycles. The van der Waals surface area contributed by atoms with E-state index in [2.05, 4.69) is 49.8 Å². The highest BCUT2D eigenvalue weighted by Gasteiger charge is 2.35. The van der Waals surface area contributed by atoms with Crippen LogP contribution in [0.15, 0.2) is 53.3 Å². The zero-order valence-corrected chi connectivity index (χ0v) is 20.6. The molecular formula is C28H31N5O3.